The van der Waals surface area contributed by atoms with Gasteiger partial charge in [-0.1, -0.05) is 12.1 Å². The molecule has 0 aliphatic rings. The number of rotatable bonds is 5. The summed E-state index contributed by atoms with van der Waals surface area (Å²) < 4.78 is 13.7. The molecule has 0 bridgehead atoms. The normalized spacial score (nSPS) is 10.0. The van der Waals surface area contributed by atoms with E-state index in [-0.39, 0.29) is 11.7 Å². The highest BCUT2D eigenvalue weighted by Gasteiger charge is 2.12. The summed E-state index contributed by atoms with van der Waals surface area (Å²) in [5, 5.41) is 11.4. The second kappa shape index (κ2) is 8.15. The number of nitrogens with one attached hydrogen (secondary N) is 1. The number of amides is 1. The van der Waals surface area contributed by atoms with E-state index in [2.05, 4.69) is 11.4 Å². The third kappa shape index (κ3) is 4.45. The van der Waals surface area contributed by atoms with Crippen molar-refractivity contribution in [2.24, 2.45) is 0 Å². The lowest BCUT2D eigenvalue weighted by Gasteiger charge is -2.11. The van der Waals surface area contributed by atoms with Crippen molar-refractivity contribution >= 4 is 45.9 Å². The first-order chi connectivity index (χ1) is 10.6. The summed E-state index contributed by atoms with van der Waals surface area (Å²) in [4.78, 5) is 13.2. The first-order valence-electron chi connectivity index (χ1n) is 6.47. The highest BCUT2D eigenvalue weighted by molar-refractivity contribution is 14.1. The highest BCUT2D eigenvalue weighted by Crippen LogP contribution is 2.28. The SMILES string of the molecule is N#CCCSc1ccccc1NC(=O)c1ccc(F)cc1I. The van der Waals surface area contributed by atoms with Crippen molar-refractivity contribution in [1.29, 1.82) is 5.26 Å². The Morgan fingerprint density at radius 2 is 2.09 bits per heavy atom. The fourth-order valence-electron chi connectivity index (χ4n) is 1.77. The molecular weight excluding hydrogens is 414 g/mol. The van der Waals surface area contributed by atoms with Gasteiger partial charge in [-0.25, -0.2) is 4.39 Å². The molecule has 2 aromatic rings. The monoisotopic (exact) mass is 426 g/mol. The van der Waals surface area contributed by atoms with Crippen molar-refractivity contribution in [1.82, 2.24) is 0 Å². The number of nitrogens with zero attached hydrogens (tertiary/aromatic N) is 1. The third-order valence-corrected chi connectivity index (χ3v) is 4.75. The van der Waals surface area contributed by atoms with Crippen molar-refractivity contribution in [3.05, 3.63) is 57.4 Å². The van der Waals surface area contributed by atoms with Crippen molar-refractivity contribution in [2.45, 2.75) is 11.3 Å². The van der Waals surface area contributed by atoms with E-state index < -0.39 is 0 Å². The molecule has 6 heteroatoms. The van der Waals surface area contributed by atoms with Crippen LogP contribution in [0.4, 0.5) is 10.1 Å². The second-order valence-electron chi connectivity index (χ2n) is 4.33. The first-order valence-corrected chi connectivity index (χ1v) is 8.53. The topological polar surface area (TPSA) is 52.9 Å². The Bertz CT molecular complexity index is 730. The molecule has 0 saturated heterocycles. The minimum Gasteiger partial charge on any atom is -0.321 e. The molecule has 0 radical (unpaired) electrons. The number of para-hydroxylation sites is 1. The van der Waals surface area contributed by atoms with Gasteiger partial charge in [0.2, 0.25) is 0 Å². The summed E-state index contributed by atoms with van der Waals surface area (Å²) in [5.74, 6) is 0.0171. The highest BCUT2D eigenvalue weighted by atomic mass is 127. The molecule has 0 aliphatic heterocycles. The van der Waals surface area contributed by atoms with E-state index in [1.54, 1.807) is 0 Å². The number of hydrogen-bond acceptors (Lipinski definition) is 3. The van der Waals surface area contributed by atoms with E-state index >= 15 is 0 Å². The molecule has 0 aliphatic carbocycles. The maximum Gasteiger partial charge on any atom is 0.256 e. The van der Waals surface area contributed by atoms with Gasteiger partial charge in [0.25, 0.3) is 5.91 Å². The van der Waals surface area contributed by atoms with Crippen molar-refractivity contribution < 1.29 is 9.18 Å². The van der Waals surface area contributed by atoms with Crippen LogP contribution in [0.5, 0.6) is 0 Å². The molecule has 1 amide bonds. The van der Waals surface area contributed by atoms with Crippen LogP contribution in [0.25, 0.3) is 0 Å². The maximum absolute atomic E-state index is 13.1. The average molecular weight is 426 g/mol. The molecule has 0 spiro atoms. The number of carbonyl (C=O) groups is 1. The van der Waals surface area contributed by atoms with Gasteiger partial charge in [0.1, 0.15) is 5.82 Å². The number of halogens is 2. The van der Waals surface area contributed by atoms with Crippen molar-refractivity contribution in [3.8, 4) is 6.07 Å². The molecular formula is C16H12FIN2OS. The fourth-order valence-corrected chi connectivity index (χ4v) is 3.35. The molecule has 0 fully saturated rings. The van der Waals surface area contributed by atoms with Crippen LogP contribution in [-0.2, 0) is 0 Å². The van der Waals surface area contributed by atoms with Gasteiger partial charge in [-0.2, -0.15) is 5.26 Å². The molecule has 0 atom stereocenters. The Morgan fingerprint density at radius 3 is 2.82 bits per heavy atom. The summed E-state index contributed by atoms with van der Waals surface area (Å²) in [7, 11) is 0. The molecule has 2 rings (SSSR count). The lowest BCUT2D eigenvalue weighted by Crippen LogP contribution is -2.14. The van der Waals surface area contributed by atoms with Gasteiger partial charge in [-0.05, 0) is 52.9 Å². The number of nitriles is 1. The number of benzene rings is 2. The molecule has 3 nitrogen and oxygen atoms in total. The van der Waals surface area contributed by atoms with Crippen LogP contribution in [0.3, 0.4) is 0 Å². The Hall–Kier alpha value is -1.59. The fraction of sp³-hybridized carbons (Fsp3) is 0.125. The van der Waals surface area contributed by atoms with Gasteiger partial charge in [0, 0.05) is 20.6 Å². The Balaban J connectivity index is 2.16. The Labute approximate surface area is 146 Å². The summed E-state index contributed by atoms with van der Waals surface area (Å²) in [6.07, 6.45) is 0.447. The zero-order valence-electron chi connectivity index (χ0n) is 11.5. The predicted molar refractivity (Wildman–Crippen MR) is 94.5 cm³/mol. The summed E-state index contributed by atoms with van der Waals surface area (Å²) in [6, 6.07) is 13.6. The summed E-state index contributed by atoms with van der Waals surface area (Å²) in [5.41, 5.74) is 1.12. The molecule has 2 aromatic carbocycles. The average Bonchev–Trinajstić information content (AvgIpc) is 2.49. The van der Waals surface area contributed by atoms with Crippen LogP contribution in [0.15, 0.2) is 47.4 Å². The van der Waals surface area contributed by atoms with Crippen LogP contribution < -0.4 is 5.32 Å². The molecule has 1 N–H and O–H groups in total. The van der Waals surface area contributed by atoms with Crippen LogP contribution in [-0.4, -0.2) is 11.7 Å². The third-order valence-electron chi connectivity index (χ3n) is 2.78. The summed E-state index contributed by atoms with van der Waals surface area (Å²) >= 11 is 3.45. The zero-order valence-corrected chi connectivity index (χ0v) is 14.4. The molecule has 0 heterocycles. The van der Waals surface area contributed by atoms with E-state index in [4.69, 9.17) is 5.26 Å². The molecule has 0 unspecified atom stereocenters. The Morgan fingerprint density at radius 1 is 1.32 bits per heavy atom. The largest absolute Gasteiger partial charge is 0.321 e. The Kier molecular flexibility index (Phi) is 6.21. The smallest absolute Gasteiger partial charge is 0.256 e. The van der Waals surface area contributed by atoms with Gasteiger partial charge in [0.05, 0.1) is 17.3 Å². The molecule has 112 valence electrons. The standard InChI is InChI=1S/C16H12FIN2OS/c17-11-6-7-12(13(18)10-11)16(21)20-14-4-1-2-5-15(14)22-9-3-8-19/h1-2,4-7,10H,3,9H2,(H,20,21). The first kappa shape index (κ1) is 16.8. The minimum atomic E-state index is -0.367. The maximum atomic E-state index is 13.1. The van der Waals surface area contributed by atoms with Crippen LogP contribution in [0.1, 0.15) is 16.8 Å². The molecule has 0 saturated carbocycles. The second-order valence-corrected chi connectivity index (χ2v) is 6.63. The van der Waals surface area contributed by atoms with Crippen molar-refractivity contribution in [3.63, 3.8) is 0 Å². The van der Waals surface area contributed by atoms with Gasteiger partial charge in [0.15, 0.2) is 0 Å². The van der Waals surface area contributed by atoms with Gasteiger partial charge in [-0.3, -0.25) is 4.79 Å². The van der Waals surface area contributed by atoms with E-state index in [9.17, 15) is 9.18 Å². The van der Waals surface area contributed by atoms with Gasteiger partial charge in [-0.15, -0.1) is 11.8 Å². The van der Waals surface area contributed by atoms with E-state index in [1.807, 2.05) is 46.9 Å². The lowest BCUT2D eigenvalue weighted by molar-refractivity contribution is 0.102. The number of anilines is 1. The lowest BCUT2D eigenvalue weighted by atomic mass is 10.2. The summed E-state index contributed by atoms with van der Waals surface area (Å²) in [6.45, 7) is 0. The number of thioether (sulfide) groups is 1. The van der Waals surface area contributed by atoms with E-state index in [0.717, 1.165) is 4.90 Å². The van der Waals surface area contributed by atoms with Crippen LogP contribution in [0, 0.1) is 20.7 Å². The van der Waals surface area contributed by atoms with Crippen LogP contribution in [0.2, 0.25) is 0 Å². The predicted octanol–water partition coefficient (Wildman–Crippen LogP) is 4.69. The van der Waals surface area contributed by atoms with E-state index in [0.29, 0.717) is 27.0 Å². The van der Waals surface area contributed by atoms with E-state index in [1.165, 1.54) is 30.0 Å². The van der Waals surface area contributed by atoms with Gasteiger partial charge >= 0.3 is 0 Å². The van der Waals surface area contributed by atoms with Gasteiger partial charge < -0.3 is 5.32 Å². The molecule has 22 heavy (non-hydrogen) atoms. The number of hydrogen-bond donors (Lipinski definition) is 1. The quantitative estimate of drug-likeness (QED) is 0.429. The van der Waals surface area contributed by atoms with Crippen LogP contribution >= 0.6 is 34.4 Å². The zero-order chi connectivity index (χ0) is 15.9. The van der Waals surface area contributed by atoms with Crippen molar-refractivity contribution in [2.75, 3.05) is 11.1 Å². The number of carbonyl (C=O) groups excluding carboxylic acids is 1. The molecule has 0 aromatic heterocycles. The minimum absolute atomic E-state index is 0.280.